The lowest BCUT2D eigenvalue weighted by Gasteiger charge is -2.40. The summed E-state index contributed by atoms with van der Waals surface area (Å²) in [6.07, 6.45) is 0. The van der Waals surface area contributed by atoms with Crippen LogP contribution in [0.3, 0.4) is 0 Å². The minimum absolute atomic E-state index is 0.129. The lowest BCUT2D eigenvalue weighted by molar-refractivity contribution is 0.0762. The molecule has 0 bridgehead atoms. The second-order valence-corrected chi connectivity index (χ2v) is 13.1. The van der Waals surface area contributed by atoms with E-state index in [-0.39, 0.29) is 5.78 Å². The van der Waals surface area contributed by atoms with Crippen LogP contribution in [0, 0.1) is 16.9 Å². The van der Waals surface area contributed by atoms with E-state index in [4.69, 9.17) is 0 Å². The molecule has 0 N–H and O–H groups in total. The molecule has 0 aliphatic heterocycles. The Labute approximate surface area is 153 Å². The predicted octanol–water partition coefficient (Wildman–Crippen LogP) is 5.73. The lowest BCUT2D eigenvalue weighted by atomic mass is 9.60. The quantitative estimate of drug-likeness (QED) is 0.391. The van der Waals surface area contributed by atoms with Crippen LogP contribution in [0.25, 0.3) is 0 Å². The standard InChI is InChI=1S/C23H28OSi/c1-22(2,21(24)19-13-9-7-10-14-19)23(3,17-18-25(4,5)6)20-15-11-8-12-16-20/h7-16H,1-6H3. The molecule has 1 nitrogen and oxygen atoms in total. The van der Waals surface area contributed by atoms with Gasteiger partial charge in [-0.2, -0.15) is 0 Å². The van der Waals surface area contributed by atoms with Gasteiger partial charge in [0.25, 0.3) is 0 Å². The fourth-order valence-electron chi connectivity index (χ4n) is 2.85. The lowest BCUT2D eigenvalue weighted by Crippen LogP contribution is -2.44. The summed E-state index contributed by atoms with van der Waals surface area (Å²) < 4.78 is 0. The zero-order valence-electron chi connectivity index (χ0n) is 16.2. The third-order valence-corrected chi connectivity index (χ3v) is 5.77. The Morgan fingerprint density at radius 3 is 1.80 bits per heavy atom. The van der Waals surface area contributed by atoms with E-state index in [1.165, 1.54) is 0 Å². The minimum Gasteiger partial charge on any atom is -0.294 e. The predicted molar refractivity (Wildman–Crippen MR) is 109 cm³/mol. The third-order valence-electron chi connectivity index (χ3n) is 4.89. The zero-order chi connectivity index (χ0) is 18.7. The van der Waals surface area contributed by atoms with E-state index in [0.29, 0.717) is 0 Å². The van der Waals surface area contributed by atoms with Gasteiger partial charge in [-0.05, 0) is 12.5 Å². The molecule has 0 saturated carbocycles. The summed E-state index contributed by atoms with van der Waals surface area (Å²) in [7, 11) is -1.57. The molecule has 0 saturated heterocycles. The molecule has 1 atom stereocenters. The fraction of sp³-hybridized carbons (Fsp3) is 0.348. The van der Waals surface area contributed by atoms with Gasteiger partial charge in [0.2, 0.25) is 0 Å². The van der Waals surface area contributed by atoms with Crippen LogP contribution in [0.15, 0.2) is 60.7 Å². The Morgan fingerprint density at radius 2 is 1.32 bits per heavy atom. The molecule has 0 fully saturated rings. The topological polar surface area (TPSA) is 17.1 Å². The average Bonchev–Trinajstić information content (AvgIpc) is 2.59. The van der Waals surface area contributed by atoms with Gasteiger partial charge >= 0.3 is 0 Å². The Hall–Kier alpha value is -2.11. The van der Waals surface area contributed by atoms with Crippen molar-refractivity contribution in [3.05, 3.63) is 71.8 Å². The van der Waals surface area contributed by atoms with Gasteiger partial charge in [-0.3, -0.25) is 4.79 Å². The highest BCUT2D eigenvalue weighted by atomic mass is 28.3. The van der Waals surface area contributed by atoms with Gasteiger partial charge in [-0.15, -0.1) is 5.54 Å². The average molecular weight is 349 g/mol. The van der Waals surface area contributed by atoms with Crippen molar-refractivity contribution in [3.63, 3.8) is 0 Å². The first kappa shape index (κ1) is 19.2. The van der Waals surface area contributed by atoms with E-state index in [1.54, 1.807) is 0 Å². The van der Waals surface area contributed by atoms with Crippen molar-refractivity contribution in [2.45, 2.75) is 45.8 Å². The van der Waals surface area contributed by atoms with Gasteiger partial charge in [0, 0.05) is 11.0 Å². The largest absolute Gasteiger partial charge is 0.294 e. The summed E-state index contributed by atoms with van der Waals surface area (Å²) in [5, 5.41) is 0. The molecule has 0 heterocycles. The van der Waals surface area contributed by atoms with E-state index in [9.17, 15) is 4.79 Å². The highest BCUT2D eigenvalue weighted by Crippen LogP contribution is 2.43. The van der Waals surface area contributed by atoms with Crippen molar-refractivity contribution in [3.8, 4) is 11.5 Å². The highest BCUT2D eigenvalue weighted by molar-refractivity contribution is 6.83. The van der Waals surface area contributed by atoms with Crippen molar-refractivity contribution in [2.24, 2.45) is 5.41 Å². The fourth-order valence-corrected chi connectivity index (χ4v) is 3.48. The smallest absolute Gasteiger partial charge is 0.170 e. The molecular formula is C23H28OSi. The molecule has 130 valence electrons. The molecule has 1 unspecified atom stereocenters. The van der Waals surface area contributed by atoms with E-state index in [0.717, 1.165) is 11.1 Å². The second-order valence-electron chi connectivity index (χ2n) is 8.31. The summed E-state index contributed by atoms with van der Waals surface area (Å²) >= 11 is 0. The molecule has 2 rings (SSSR count). The SMILES string of the molecule is CC(C)(C(=O)c1ccccc1)C(C)(C#C[Si](C)(C)C)c1ccccc1. The summed E-state index contributed by atoms with van der Waals surface area (Å²) in [5.41, 5.74) is 4.14. The number of Topliss-reactive ketones (excluding diaryl/α,β-unsaturated/α-hetero) is 1. The summed E-state index contributed by atoms with van der Waals surface area (Å²) in [6, 6.07) is 19.8. The van der Waals surface area contributed by atoms with Crippen LogP contribution < -0.4 is 0 Å². The molecule has 25 heavy (non-hydrogen) atoms. The molecule has 0 amide bonds. The van der Waals surface area contributed by atoms with Crippen LogP contribution in [-0.4, -0.2) is 13.9 Å². The maximum Gasteiger partial charge on any atom is 0.170 e. The van der Waals surface area contributed by atoms with E-state index >= 15 is 0 Å². The van der Waals surface area contributed by atoms with Crippen LogP contribution in [0.2, 0.25) is 19.6 Å². The van der Waals surface area contributed by atoms with Crippen molar-refractivity contribution in [1.82, 2.24) is 0 Å². The number of carbonyl (C=O) groups is 1. The van der Waals surface area contributed by atoms with Gasteiger partial charge in [-0.25, -0.2) is 0 Å². The van der Waals surface area contributed by atoms with Crippen molar-refractivity contribution in [1.29, 1.82) is 0 Å². The normalized spacial score (nSPS) is 14.2. The Morgan fingerprint density at radius 1 is 0.840 bits per heavy atom. The van der Waals surface area contributed by atoms with Gasteiger partial charge in [0.05, 0.1) is 5.41 Å². The van der Waals surface area contributed by atoms with E-state index in [1.807, 2.05) is 62.4 Å². The first-order valence-electron chi connectivity index (χ1n) is 8.78. The molecule has 0 spiro atoms. The maximum absolute atomic E-state index is 13.4. The van der Waals surface area contributed by atoms with Gasteiger partial charge < -0.3 is 0 Å². The summed E-state index contributed by atoms with van der Waals surface area (Å²) in [4.78, 5) is 13.4. The summed E-state index contributed by atoms with van der Waals surface area (Å²) in [5.74, 6) is 3.66. The van der Waals surface area contributed by atoms with E-state index in [2.05, 4.69) is 50.2 Å². The minimum atomic E-state index is -1.57. The van der Waals surface area contributed by atoms with E-state index < -0.39 is 18.9 Å². The third kappa shape index (κ3) is 4.11. The van der Waals surface area contributed by atoms with Crippen molar-refractivity contribution < 1.29 is 4.79 Å². The maximum atomic E-state index is 13.4. The molecule has 2 aromatic rings. The molecule has 0 aromatic heterocycles. The number of rotatable bonds is 4. The number of ketones is 1. The van der Waals surface area contributed by atoms with Crippen molar-refractivity contribution in [2.75, 3.05) is 0 Å². The first-order valence-corrected chi connectivity index (χ1v) is 12.3. The van der Waals surface area contributed by atoms with Gasteiger partial charge in [-0.1, -0.05) is 100 Å². The van der Waals surface area contributed by atoms with Gasteiger partial charge in [0.1, 0.15) is 8.07 Å². The molecule has 0 aliphatic rings. The molecule has 2 aromatic carbocycles. The zero-order valence-corrected chi connectivity index (χ0v) is 17.2. The first-order chi connectivity index (χ1) is 11.6. The Bertz CT molecular complexity index is 789. The number of carbonyl (C=O) groups excluding carboxylic acids is 1. The molecular weight excluding hydrogens is 320 g/mol. The molecule has 2 heteroatoms. The van der Waals surface area contributed by atoms with Gasteiger partial charge in [0.15, 0.2) is 5.78 Å². The number of hydrogen-bond acceptors (Lipinski definition) is 1. The Kier molecular flexibility index (Phi) is 5.39. The van der Waals surface area contributed by atoms with Crippen molar-refractivity contribution >= 4 is 13.9 Å². The van der Waals surface area contributed by atoms with Crippen LogP contribution in [0.4, 0.5) is 0 Å². The highest BCUT2D eigenvalue weighted by Gasteiger charge is 2.47. The Balaban J connectivity index is 2.62. The number of hydrogen-bond donors (Lipinski definition) is 0. The number of benzene rings is 2. The monoisotopic (exact) mass is 348 g/mol. The molecule has 0 radical (unpaired) electrons. The van der Waals surface area contributed by atoms with Crippen LogP contribution in [0.5, 0.6) is 0 Å². The molecule has 0 aliphatic carbocycles. The summed E-state index contributed by atoms with van der Waals surface area (Å²) in [6.45, 7) is 12.9. The van der Waals surface area contributed by atoms with Crippen LogP contribution in [0.1, 0.15) is 36.7 Å². The second kappa shape index (κ2) is 7.02. The van der Waals surface area contributed by atoms with Crippen LogP contribution in [-0.2, 0) is 5.41 Å². The van der Waals surface area contributed by atoms with Crippen LogP contribution >= 0.6 is 0 Å².